The van der Waals surface area contributed by atoms with Gasteiger partial charge in [0.25, 0.3) is 0 Å². The summed E-state index contributed by atoms with van der Waals surface area (Å²) in [5, 5.41) is 22.4. The molecule has 0 saturated carbocycles. The number of nitrogens with zero attached hydrogens (tertiary/aromatic N) is 1. The van der Waals surface area contributed by atoms with Crippen molar-refractivity contribution in [3.8, 4) is 5.75 Å². The summed E-state index contributed by atoms with van der Waals surface area (Å²) in [6, 6.07) is 3.10. The largest absolute Gasteiger partial charge is 0.502 e. The Labute approximate surface area is 82.5 Å². The number of fused-ring (bicyclic) bond motifs is 1. The molecule has 0 atom stereocenters. The first-order valence-corrected chi connectivity index (χ1v) is 4.62. The van der Waals surface area contributed by atoms with E-state index >= 15 is 0 Å². The number of hydrogen-bond donors (Lipinski definition) is 2. The monoisotopic (exact) mass is 210 g/mol. The average Bonchev–Trinajstić information content (AvgIpc) is 2.50. The van der Waals surface area contributed by atoms with Crippen molar-refractivity contribution in [2.75, 3.05) is 5.73 Å². The molecule has 14 heavy (non-hydrogen) atoms. The topological polar surface area (TPSA) is 89.4 Å². The van der Waals surface area contributed by atoms with Gasteiger partial charge in [-0.15, -0.1) is 11.3 Å². The third-order valence-corrected chi connectivity index (χ3v) is 2.88. The van der Waals surface area contributed by atoms with Crippen molar-refractivity contribution in [1.82, 2.24) is 0 Å². The van der Waals surface area contributed by atoms with Gasteiger partial charge in [-0.1, -0.05) is 0 Å². The zero-order chi connectivity index (χ0) is 10.3. The summed E-state index contributed by atoms with van der Waals surface area (Å²) in [5.74, 6) is -0.390. The maximum absolute atomic E-state index is 10.6. The lowest BCUT2D eigenvalue weighted by Gasteiger charge is -2.00. The van der Waals surface area contributed by atoms with Crippen LogP contribution in [0.15, 0.2) is 17.5 Å². The first-order chi connectivity index (χ1) is 6.61. The summed E-state index contributed by atoms with van der Waals surface area (Å²) in [6.07, 6.45) is 0. The summed E-state index contributed by atoms with van der Waals surface area (Å²) in [4.78, 5) is 9.90. The molecule has 0 unspecified atom stereocenters. The maximum Gasteiger partial charge on any atom is 0.334 e. The zero-order valence-electron chi connectivity index (χ0n) is 6.93. The van der Waals surface area contributed by atoms with Crippen molar-refractivity contribution in [2.45, 2.75) is 0 Å². The first-order valence-electron chi connectivity index (χ1n) is 3.74. The van der Waals surface area contributed by atoms with E-state index in [4.69, 9.17) is 5.73 Å². The van der Waals surface area contributed by atoms with Gasteiger partial charge in [0.05, 0.1) is 9.62 Å². The van der Waals surface area contributed by atoms with Crippen LogP contribution >= 0.6 is 11.3 Å². The van der Waals surface area contributed by atoms with Crippen LogP contribution < -0.4 is 5.73 Å². The molecule has 0 saturated heterocycles. The van der Waals surface area contributed by atoms with Crippen molar-refractivity contribution in [2.24, 2.45) is 0 Å². The molecule has 0 aliphatic rings. The average molecular weight is 210 g/mol. The van der Waals surface area contributed by atoms with Gasteiger partial charge in [0, 0.05) is 0 Å². The van der Waals surface area contributed by atoms with Crippen LogP contribution in [0.25, 0.3) is 10.1 Å². The van der Waals surface area contributed by atoms with Crippen LogP contribution in [-0.4, -0.2) is 10.0 Å². The standard InChI is InChI=1S/C8H6N2O3S/c9-6-7(10(12)13)5(11)3-4-1-2-14-8(4)6/h1-3,11H,9H2. The number of aromatic hydroxyl groups is 1. The Morgan fingerprint density at radius 1 is 1.57 bits per heavy atom. The quantitative estimate of drug-likeness (QED) is 0.428. The van der Waals surface area contributed by atoms with E-state index in [1.807, 2.05) is 0 Å². The Balaban J connectivity index is 2.89. The van der Waals surface area contributed by atoms with Crippen LogP contribution in [0.2, 0.25) is 0 Å². The molecular formula is C8H6N2O3S. The highest BCUT2D eigenvalue weighted by Gasteiger charge is 2.21. The molecule has 2 rings (SSSR count). The molecule has 1 aromatic heterocycles. The van der Waals surface area contributed by atoms with Crippen molar-refractivity contribution in [3.63, 3.8) is 0 Å². The molecule has 3 N–H and O–H groups in total. The molecule has 0 spiro atoms. The van der Waals surface area contributed by atoms with Crippen molar-refractivity contribution in [3.05, 3.63) is 27.6 Å². The van der Waals surface area contributed by atoms with E-state index in [-0.39, 0.29) is 5.69 Å². The molecule has 0 aliphatic heterocycles. The molecule has 1 aromatic carbocycles. The molecule has 0 amide bonds. The number of hydrogen-bond acceptors (Lipinski definition) is 5. The Hall–Kier alpha value is -1.82. The third kappa shape index (κ3) is 1.08. The molecule has 6 heteroatoms. The first kappa shape index (κ1) is 8.76. The molecule has 0 bridgehead atoms. The summed E-state index contributed by atoms with van der Waals surface area (Å²) in [7, 11) is 0. The number of nitrogens with two attached hydrogens (primary N) is 1. The zero-order valence-corrected chi connectivity index (χ0v) is 7.75. The summed E-state index contributed by atoms with van der Waals surface area (Å²) < 4.78 is 0.634. The number of nitrogen functional groups attached to an aromatic ring is 1. The van der Waals surface area contributed by atoms with E-state index in [1.54, 1.807) is 11.4 Å². The number of rotatable bonds is 1. The second kappa shape index (κ2) is 2.85. The highest BCUT2D eigenvalue weighted by Crippen LogP contribution is 2.40. The van der Waals surface area contributed by atoms with Gasteiger partial charge in [-0.05, 0) is 22.9 Å². The number of nitro benzene ring substituents is 1. The number of thiophene rings is 1. The molecule has 0 aliphatic carbocycles. The Morgan fingerprint density at radius 2 is 2.29 bits per heavy atom. The Kier molecular flexibility index (Phi) is 1.78. The fourth-order valence-electron chi connectivity index (χ4n) is 1.30. The van der Waals surface area contributed by atoms with Crippen LogP contribution in [0.4, 0.5) is 11.4 Å². The summed E-state index contributed by atoms with van der Waals surface area (Å²) in [6.45, 7) is 0. The van der Waals surface area contributed by atoms with E-state index in [0.717, 1.165) is 5.39 Å². The highest BCUT2D eigenvalue weighted by atomic mass is 32.1. The second-order valence-corrected chi connectivity index (χ2v) is 3.67. The van der Waals surface area contributed by atoms with Gasteiger partial charge in [-0.25, -0.2) is 0 Å². The molecule has 0 fully saturated rings. The molecule has 72 valence electrons. The smallest absolute Gasteiger partial charge is 0.334 e. The number of anilines is 1. The molecule has 5 nitrogen and oxygen atoms in total. The van der Waals surface area contributed by atoms with Gasteiger partial charge in [0.1, 0.15) is 5.69 Å². The lowest BCUT2D eigenvalue weighted by Crippen LogP contribution is -1.95. The SMILES string of the molecule is Nc1c([N+](=O)[O-])c(O)cc2ccsc12. The van der Waals surface area contributed by atoms with Gasteiger partial charge in [-0.3, -0.25) is 10.1 Å². The third-order valence-electron chi connectivity index (χ3n) is 1.91. The fourth-order valence-corrected chi connectivity index (χ4v) is 2.14. The predicted molar refractivity (Wildman–Crippen MR) is 54.6 cm³/mol. The number of nitro groups is 1. The van der Waals surface area contributed by atoms with Crippen LogP contribution in [0.1, 0.15) is 0 Å². The lowest BCUT2D eigenvalue weighted by molar-refractivity contribution is -0.384. The van der Waals surface area contributed by atoms with E-state index in [9.17, 15) is 15.2 Å². The van der Waals surface area contributed by atoms with E-state index < -0.39 is 16.4 Å². The number of benzene rings is 1. The van der Waals surface area contributed by atoms with Crippen LogP contribution in [0.3, 0.4) is 0 Å². The lowest BCUT2D eigenvalue weighted by atomic mass is 10.2. The summed E-state index contributed by atoms with van der Waals surface area (Å²) >= 11 is 1.31. The predicted octanol–water partition coefficient (Wildman–Crippen LogP) is 2.10. The minimum Gasteiger partial charge on any atom is -0.502 e. The number of phenols is 1. The highest BCUT2D eigenvalue weighted by molar-refractivity contribution is 7.17. The second-order valence-electron chi connectivity index (χ2n) is 2.75. The Bertz CT molecular complexity index is 521. The van der Waals surface area contributed by atoms with Crippen LogP contribution in [0.5, 0.6) is 5.75 Å². The minimum absolute atomic E-state index is 0.0278. The van der Waals surface area contributed by atoms with Crippen LogP contribution in [-0.2, 0) is 0 Å². The molecular weight excluding hydrogens is 204 g/mol. The van der Waals surface area contributed by atoms with Crippen molar-refractivity contribution in [1.29, 1.82) is 0 Å². The summed E-state index contributed by atoms with van der Waals surface area (Å²) in [5.41, 5.74) is 5.19. The Morgan fingerprint density at radius 3 is 2.93 bits per heavy atom. The van der Waals surface area contributed by atoms with Crippen molar-refractivity contribution >= 4 is 32.8 Å². The fraction of sp³-hybridized carbons (Fsp3) is 0. The van der Waals surface area contributed by atoms with Gasteiger partial charge in [0.15, 0.2) is 5.75 Å². The van der Waals surface area contributed by atoms with Gasteiger partial charge >= 0.3 is 5.69 Å². The van der Waals surface area contributed by atoms with Crippen LogP contribution in [0, 0.1) is 10.1 Å². The van der Waals surface area contributed by atoms with Gasteiger partial charge in [-0.2, -0.15) is 0 Å². The molecule has 1 heterocycles. The van der Waals surface area contributed by atoms with E-state index in [1.165, 1.54) is 17.4 Å². The number of phenolic OH excluding ortho intramolecular Hbond substituents is 1. The molecule has 2 aromatic rings. The maximum atomic E-state index is 10.6. The molecule has 0 radical (unpaired) electrons. The van der Waals surface area contributed by atoms with Crippen molar-refractivity contribution < 1.29 is 10.0 Å². The minimum atomic E-state index is -0.677. The van der Waals surface area contributed by atoms with Gasteiger partial charge in [0.2, 0.25) is 0 Å². The van der Waals surface area contributed by atoms with E-state index in [2.05, 4.69) is 0 Å². The van der Waals surface area contributed by atoms with Gasteiger partial charge < -0.3 is 10.8 Å². The van der Waals surface area contributed by atoms with E-state index in [0.29, 0.717) is 4.70 Å². The normalized spacial score (nSPS) is 10.6.